The number of carbonyl (C=O) groups is 1. The van der Waals surface area contributed by atoms with E-state index in [0.29, 0.717) is 13.1 Å². The second kappa shape index (κ2) is 5.02. The zero-order chi connectivity index (χ0) is 15.2. The molecule has 3 nitrogen and oxygen atoms in total. The number of rotatable bonds is 1. The van der Waals surface area contributed by atoms with E-state index >= 15 is 0 Å². The number of likely N-dealkylation sites (tertiary alicyclic amines) is 1. The van der Waals surface area contributed by atoms with E-state index in [0.717, 1.165) is 25.0 Å². The Bertz CT molecular complexity index is 558. The van der Waals surface area contributed by atoms with Crippen molar-refractivity contribution in [3.63, 3.8) is 0 Å². The predicted octanol–water partition coefficient (Wildman–Crippen LogP) is 2.55. The lowest BCUT2D eigenvalue weighted by atomic mass is 10.00. The van der Waals surface area contributed by atoms with E-state index in [9.17, 15) is 23.1 Å². The summed E-state index contributed by atoms with van der Waals surface area (Å²) < 4.78 is 38.1. The highest BCUT2D eigenvalue weighted by atomic mass is 19.4. The van der Waals surface area contributed by atoms with Crippen LogP contribution in [0.15, 0.2) is 24.3 Å². The van der Waals surface area contributed by atoms with E-state index in [1.54, 1.807) is 4.90 Å². The number of halogens is 3. The van der Waals surface area contributed by atoms with Gasteiger partial charge in [0.05, 0.1) is 11.7 Å². The van der Waals surface area contributed by atoms with E-state index in [1.807, 2.05) is 0 Å². The van der Waals surface area contributed by atoms with Gasteiger partial charge in [0.25, 0.3) is 5.91 Å². The minimum absolute atomic E-state index is 0.0549. The molecule has 0 radical (unpaired) electrons. The SMILES string of the molecule is O=C(c1cccc(C(F)(F)F)c1)N1CC2CCC(O)C2C1. The zero-order valence-electron chi connectivity index (χ0n) is 11.3. The summed E-state index contributed by atoms with van der Waals surface area (Å²) in [5.74, 6) is -0.0443. The Morgan fingerprint density at radius 2 is 2.00 bits per heavy atom. The lowest BCUT2D eigenvalue weighted by Gasteiger charge is -2.19. The minimum Gasteiger partial charge on any atom is -0.393 e. The van der Waals surface area contributed by atoms with E-state index in [2.05, 4.69) is 0 Å². The van der Waals surface area contributed by atoms with Gasteiger partial charge >= 0.3 is 6.18 Å². The Kier molecular flexibility index (Phi) is 3.43. The lowest BCUT2D eigenvalue weighted by molar-refractivity contribution is -0.137. The van der Waals surface area contributed by atoms with Crippen LogP contribution >= 0.6 is 0 Å². The van der Waals surface area contributed by atoms with Crippen molar-refractivity contribution in [3.05, 3.63) is 35.4 Å². The van der Waals surface area contributed by atoms with Gasteiger partial charge in [-0.1, -0.05) is 6.07 Å². The summed E-state index contributed by atoms with van der Waals surface area (Å²) in [4.78, 5) is 13.9. The Hall–Kier alpha value is -1.56. The molecule has 21 heavy (non-hydrogen) atoms. The molecule has 0 bridgehead atoms. The first-order chi connectivity index (χ1) is 9.86. The van der Waals surface area contributed by atoms with Crippen LogP contribution in [0.25, 0.3) is 0 Å². The van der Waals surface area contributed by atoms with Gasteiger partial charge in [-0.3, -0.25) is 4.79 Å². The van der Waals surface area contributed by atoms with Crippen LogP contribution in [0.1, 0.15) is 28.8 Å². The minimum atomic E-state index is -4.45. The maximum Gasteiger partial charge on any atom is 0.416 e. The van der Waals surface area contributed by atoms with E-state index in [-0.39, 0.29) is 23.3 Å². The van der Waals surface area contributed by atoms with Crippen LogP contribution in [-0.2, 0) is 6.18 Å². The number of benzene rings is 1. The molecule has 1 aliphatic heterocycles. The molecule has 1 aliphatic carbocycles. The first kappa shape index (κ1) is 14.4. The molecule has 114 valence electrons. The van der Waals surface area contributed by atoms with E-state index < -0.39 is 17.8 Å². The number of nitrogens with zero attached hydrogens (tertiary/aromatic N) is 1. The highest BCUT2D eigenvalue weighted by Gasteiger charge is 2.43. The molecule has 2 fully saturated rings. The fraction of sp³-hybridized carbons (Fsp3) is 0.533. The molecule has 1 amide bonds. The Labute approximate surface area is 120 Å². The van der Waals surface area contributed by atoms with E-state index in [4.69, 9.17) is 0 Å². The molecule has 0 aromatic heterocycles. The lowest BCUT2D eigenvalue weighted by Crippen LogP contribution is -2.31. The summed E-state index contributed by atoms with van der Waals surface area (Å²) in [6, 6.07) is 4.51. The van der Waals surface area contributed by atoms with Crippen LogP contribution in [0.5, 0.6) is 0 Å². The molecular weight excluding hydrogens is 283 g/mol. The third-order valence-electron chi connectivity index (χ3n) is 4.54. The van der Waals surface area contributed by atoms with Gasteiger partial charge in [0.1, 0.15) is 0 Å². The summed E-state index contributed by atoms with van der Waals surface area (Å²) in [6.45, 7) is 0.956. The first-order valence-corrected chi connectivity index (χ1v) is 7.01. The molecule has 6 heteroatoms. The van der Waals surface area contributed by atoms with Crippen molar-refractivity contribution in [2.24, 2.45) is 11.8 Å². The van der Waals surface area contributed by atoms with E-state index in [1.165, 1.54) is 12.1 Å². The average Bonchev–Trinajstić information content (AvgIpc) is 3.00. The van der Waals surface area contributed by atoms with Crippen molar-refractivity contribution < 1.29 is 23.1 Å². The van der Waals surface area contributed by atoms with Crippen LogP contribution < -0.4 is 0 Å². The van der Waals surface area contributed by atoms with Crippen LogP contribution in [0.3, 0.4) is 0 Å². The Balaban J connectivity index is 1.78. The van der Waals surface area contributed by atoms with Crippen molar-refractivity contribution in [1.29, 1.82) is 0 Å². The second-order valence-electron chi connectivity index (χ2n) is 5.86. The van der Waals surface area contributed by atoms with Gasteiger partial charge < -0.3 is 10.0 Å². The Morgan fingerprint density at radius 1 is 1.24 bits per heavy atom. The van der Waals surface area contributed by atoms with Crippen LogP contribution in [0.4, 0.5) is 13.2 Å². The number of amides is 1. The van der Waals surface area contributed by atoms with Gasteiger partial charge in [0.2, 0.25) is 0 Å². The summed E-state index contributed by atoms with van der Waals surface area (Å²) in [7, 11) is 0. The van der Waals surface area contributed by atoms with Crippen LogP contribution in [-0.4, -0.2) is 35.1 Å². The summed E-state index contributed by atoms with van der Waals surface area (Å²) in [6.07, 6.45) is -3.22. The molecule has 1 saturated carbocycles. The average molecular weight is 299 g/mol. The number of hydrogen-bond acceptors (Lipinski definition) is 2. The fourth-order valence-corrected chi connectivity index (χ4v) is 3.41. The molecule has 3 unspecified atom stereocenters. The number of aliphatic hydroxyl groups excluding tert-OH is 1. The standard InChI is InChI=1S/C15H16F3NO2/c16-15(17,18)11-3-1-2-9(6-11)14(21)19-7-10-4-5-13(20)12(10)8-19/h1-3,6,10,12-13,20H,4-5,7-8H2. The number of alkyl halides is 3. The van der Waals surface area contributed by atoms with Gasteiger partial charge in [-0.15, -0.1) is 0 Å². The Morgan fingerprint density at radius 3 is 2.67 bits per heavy atom. The normalized spacial score (nSPS) is 28.8. The molecule has 1 N–H and O–H groups in total. The van der Waals surface area contributed by atoms with Gasteiger partial charge in [-0.2, -0.15) is 13.2 Å². The smallest absolute Gasteiger partial charge is 0.393 e. The van der Waals surface area contributed by atoms with Crippen molar-refractivity contribution in [3.8, 4) is 0 Å². The molecule has 1 aromatic carbocycles. The van der Waals surface area contributed by atoms with Crippen molar-refractivity contribution in [2.45, 2.75) is 25.1 Å². The third-order valence-corrected chi connectivity index (χ3v) is 4.54. The first-order valence-electron chi connectivity index (χ1n) is 7.01. The van der Waals surface area contributed by atoms with Gasteiger partial charge in [0, 0.05) is 24.6 Å². The number of hydrogen-bond donors (Lipinski definition) is 1. The maximum absolute atomic E-state index is 12.7. The highest BCUT2D eigenvalue weighted by Crippen LogP contribution is 2.38. The highest BCUT2D eigenvalue weighted by molar-refractivity contribution is 5.94. The topological polar surface area (TPSA) is 40.5 Å². The predicted molar refractivity (Wildman–Crippen MR) is 69.6 cm³/mol. The molecule has 0 spiro atoms. The fourth-order valence-electron chi connectivity index (χ4n) is 3.41. The largest absolute Gasteiger partial charge is 0.416 e. The molecule has 1 saturated heterocycles. The summed E-state index contributed by atoms with van der Waals surface area (Å²) in [5, 5.41) is 9.83. The maximum atomic E-state index is 12.7. The quantitative estimate of drug-likeness (QED) is 0.866. The second-order valence-corrected chi connectivity index (χ2v) is 5.86. The molecule has 1 heterocycles. The number of carbonyl (C=O) groups excluding carboxylic acids is 1. The molecule has 3 rings (SSSR count). The summed E-state index contributed by atoms with van der Waals surface area (Å²) in [5.41, 5.74) is -0.757. The van der Waals surface area contributed by atoms with Crippen molar-refractivity contribution >= 4 is 5.91 Å². The third kappa shape index (κ3) is 2.64. The molecule has 1 aromatic rings. The monoisotopic (exact) mass is 299 g/mol. The number of aliphatic hydroxyl groups is 1. The van der Waals surface area contributed by atoms with Crippen molar-refractivity contribution in [1.82, 2.24) is 4.90 Å². The molecular formula is C15H16F3NO2. The number of fused-ring (bicyclic) bond motifs is 1. The van der Waals surface area contributed by atoms with Gasteiger partial charge in [-0.25, -0.2) is 0 Å². The van der Waals surface area contributed by atoms with Crippen LogP contribution in [0, 0.1) is 11.8 Å². The van der Waals surface area contributed by atoms with Crippen molar-refractivity contribution in [2.75, 3.05) is 13.1 Å². The van der Waals surface area contributed by atoms with Gasteiger partial charge in [0.15, 0.2) is 0 Å². The van der Waals surface area contributed by atoms with Gasteiger partial charge in [-0.05, 0) is 37.0 Å². The molecule has 3 atom stereocenters. The molecule has 2 aliphatic rings. The van der Waals surface area contributed by atoms with Crippen LogP contribution in [0.2, 0.25) is 0 Å². The zero-order valence-corrected chi connectivity index (χ0v) is 11.3. The summed E-state index contributed by atoms with van der Waals surface area (Å²) >= 11 is 0.